The predicted molar refractivity (Wildman–Crippen MR) is 228 cm³/mol. The lowest BCUT2D eigenvalue weighted by atomic mass is 9.88. The fraction of sp³-hybridized carbons (Fsp3) is 0.0200. The molecule has 9 aromatic rings. The van der Waals surface area contributed by atoms with Gasteiger partial charge in [0, 0.05) is 32.9 Å². The first-order valence-corrected chi connectivity index (χ1v) is 20.6. The number of fused-ring (bicyclic) bond motifs is 4. The Morgan fingerprint density at radius 3 is 1.38 bits per heavy atom. The molecule has 1 aliphatic rings. The molecule has 0 spiro atoms. The second kappa shape index (κ2) is 13.3. The molecule has 1 aromatic heterocycles. The summed E-state index contributed by atoms with van der Waals surface area (Å²) in [6.45, 7) is 1.90. The van der Waals surface area contributed by atoms with Crippen LogP contribution in [0.15, 0.2) is 188 Å². The van der Waals surface area contributed by atoms with Gasteiger partial charge in [0.15, 0.2) is 17.5 Å². The average molecular weight is 724 g/mol. The van der Waals surface area contributed by atoms with Crippen LogP contribution >= 0.6 is 7.14 Å². The van der Waals surface area contributed by atoms with Gasteiger partial charge in [0.25, 0.3) is 0 Å². The van der Waals surface area contributed by atoms with Gasteiger partial charge in [0.05, 0.1) is 0 Å². The van der Waals surface area contributed by atoms with Crippen LogP contribution in [0.1, 0.15) is 0 Å². The molecule has 1 unspecified atom stereocenters. The lowest BCUT2D eigenvalue weighted by molar-refractivity contribution is 0.591. The molecule has 260 valence electrons. The molecule has 0 radical (unpaired) electrons. The number of hydrogen-bond acceptors (Lipinski definition) is 4. The molecule has 1 aliphatic heterocycles. The van der Waals surface area contributed by atoms with Gasteiger partial charge in [-0.15, -0.1) is 0 Å². The van der Waals surface area contributed by atoms with E-state index in [-0.39, 0.29) is 0 Å². The fourth-order valence-electron chi connectivity index (χ4n) is 7.97. The molecule has 2 heterocycles. The minimum absolute atomic E-state index is 0.620. The lowest BCUT2D eigenvalue weighted by Gasteiger charge is -2.16. The van der Waals surface area contributed by atoms with Crippen LogP contribution in [-0.4, -0.2) is 21.6 Å². The van der Waals surface area contributed by atoms with E-state index < -0.39 is 7.14 Å². The third-order valence-electron chi connectivity index (χ3n) is 10.7. The number of hydrogen-bond donors (Lipinski definition) is 0. The van der Waals surface area contributed by atoms with Crippen LogP contribution in [0.3, 0.4) is 0 Å². The van der Waals surface area contributed by atoms with Crippen molar-refractivity contribution in [3.05, 3.63) is 188 Å². The maximum Gasteiger partial charge on any atom is 0.164 e. The normalized spacial score (nSPS) is 14.4. The Balaban J connectivity index is 1.04. The van der Waals surface area contributed by atoms with E-state index in [0.29, 0.717) is 17.5 Å². The summed E-state index contributed by atoms with van der Waals surface area (Å²) in [5.41, 5.74) is 11.7. The summed E-state index contributed by atoms with van der Waals surface area (Å²) in [4.78, 5) is 14.9. The van der Waals surface area contributed by atoms with Crippen LogP contribution in [0.5, 0.6) is 0 Å². The molecule has 5 heteroatoms. The maximum atomic E-state index is 14.1. The van der Waals surface area contributed by atoms with Gasteiger partial charge in [-0.05, 0) is 56.4 Å². The summed E-state index contributed by atoms with van der Waals surface area (Å²) >= 11 is 0. The van der Waals surface area contributed by atoms with E-state index in [4.69, 9.17) is 15.0 Å². The monoisotopic (exact) mass is 723 g/mol. The number of nitrogens with zero attached hydrogens (tertiary/aromatic N) is 3. The average Bonchev–Trinajstić information content (AvgIpc) is 3.50. The van der Waals surface area contributed by atoms with Crippen molar-refractivity contribution in [1.29, 1.82) is 0 Å². The van der Waals surface area contributed by atoms with Crippen molar-refractivity contribution >= 4 is 28.5 Å². The number of aromatic nitrogens is 3. The minimum Gasteiger partial charge on any atom is -0.314 e. The Kier molecular flexibility index (Phi) is 7.94. The summed E-state index contributed by atoms with van der Waals surface area (Å²) in [6.07, 6.45) is 0. The largest absolute Gasteiger partial charge is 0.314 e. The van der Waals surface area contributed by atoms with Crippen molar-refractivity contribution in [2.45, 2.75) is 0 Å². The van der Waals surface area contributed by atoms with Gasteiger partial charge in [0.2, 0.25) is 0 Å². The molecular formula is C50H34N3OP. The molecule has 0 bridgehead atoms. The first-order valence-electron chi connectivity index (χ1n) is 18.4. The molecule has 0 saturated heterocycles. The van der Waals surface area contributed by atoms with Crippen LogP contribution in [0.2, 0.25) is 0 Å². The number of benzene rings is 8. The summed E-state index contributed by atoms with van der Waals surface area (Å²) in [5.74, 6) is 1.88. The fourth-order valence-corrected chi connectivity index (χ4v) is 10.3. The zero-order valence-corrected chi connectivity index (χ0v) is 31.0. The molecular weight excluding hydrogens is 690 g/mol. The van der Waals surface area contributed by atoms with Gasteiger partial charge in [-0.25, -0.2) is 15.0 Å². The Morgan fingerprint density at radius 1 is 0.327 bits per heavy atom. The second-order valence-electron chi connectivity index (χ2n) is 14.0. The van der Waals surface area contributed by atoms with Crippen molar-refractivity contribution in [3.63, 3.8) is 0 Å². The summed E-state index contributed by atoms with van der Waals surface area (Å²) < 4.78 is 14.1. The highest BCUT2D eigenvalue weighted by molar-refractivity contribution is 7.79. The highest BCUT2D eigenvalue weighted by Gasteiger charge is 2.36. The van der Waals surface area contributed by atoms with E-state index in [2.05, 4.69) is 121 Å². The van der Waals surface area contributed by atoms with E-state index in [9.17, 15) is 4.57 Å². The van der Waals surface area contributed by atoms with Crippen molar-refractivity contribution in [2.75, 3.05) is 6.66 Å². The molecule has 10 rings (SSSR count). The molecule has 0 N–H and O–H groups in total. The van der Waals surface area contributed by atoms with Crippen LogP contribution in [0.25, 0.3) is 89.4 Å². The molecule has 4 nitrogen and oxygen atoms in total. The highest BCUT2D eigenvalue weighted by atomic mass is 31.2. The third kappa shape index (κ3) is 5.71. The van der Waals surface area contributed by atoms with Gasteiger partial charge >= 0.3 is 0 Å². The smallest absolute Gasteiger partial charge is 0.164 e. The molecule has 0 fully saturated rings. The minimum atomic E-state index is -2.69. The molecule has 1 atom stereocenters. The summed E-state index contributed by atoms with van der Waals surface area (Å²) in [5, 5.41) is 4.20. The van der Waals surface area contributed by atoms with Crippen molar-refractivity contribution in [1.82, 2.24) is 15.0 Å². The van der Waals surface area contributed by atoms with Crippen LogP contribution in [-0.2, 0) is 4.57 Å². The Hall–Kier alpha value is -6.74. The van der Waals surface area contributed by atoms with Crippen molar-refractivity contribution in [3.8, 4) is 78.7 Å². The van der Waals surface area contributed by atoms with E-state index >= 15 is 0 Å². The van der Waals surface area contributed by atoms with Crippen LogP contribution < -0.4 is 10.6 Å². The summed E-state index contributed by atoms with van der Waals surface area (Å²) in [6, 6.07) is 64.8. The molecule has 55 heavy (non-hydrogen) atoms. The Labute approximate surface area is 320 Å². The first kappa shape index (κ1) is 32.9. The standard InChI is InChI=1S/C50H34N3OP/c1-55(54)45-21-11-10-19-44(45)47-43(20-12-22-46(47)55)42-32-31-39(40-17-8-9-18-41(40)42)35-25-29-38(30-26-35)50-52-48(36-15-6-3-7-16-36)51-49(53-50)37-27-23-34(24-28-37)33-13-4-2-5-14-33/h2-32H,1H3. The van der Waals surface area contributed by atoms with Crippen LogP contribution in [0, 0.1) is 0 Å². The molecule has 0 saturated carbocycles. The molecule has 0 aliphatic carbocycles. The first-order chi connectivity index (χ1) is 27.0. The van der Waals surface area contributed by atoms with Crippen LogP contribution in [0.4, 0.5) is 0 Å². The SMILES string of the molecule is CP1(=O)c2ccccc2-c2c(-c3ccc(-c4ccc(-c5nc(-c6ccccc6)nc(-c6ccc(-c7ccccc7)cc6)n5)cc4)c4ccccc34)cccc21. The number of rotatable bonds is 6. The zero-order chi connectivity index (χ0) is 36.9. The van der Waals surface area contributed by atoms with Crippen molar-refractivity contribution in [2.24, 2.45) is 0 Å². The van der Waals surface area contributed by atoms with E-state index in [1.54, 1.807) is 0 Å². The second-order valence-corrected chi connectivity index (χ2v) is 16.9. The summed E-state index contributed by atoms with van der Waals surface area (Å²) in [7, 11) is -2.69. The van der Waals surface area contributed by atoms with E-state index in [1.807, 2.05) is 73.4 Å². The topological polar surface area (TPSA) is 55.7 Å². The molecule has 8 aromatic carbocycles. The van der Waals surface area contributed by atoms with Gasteiger partial charge in [-0.2, -0.15) is 0 Å². The lowest BCUT2D eigenvalue weighted by Crippen LogP contribution is -2.08. The van der Waals surface area contributed by atoms with Gasteiger partial charge < -0.3 is 4.57 Å². The van der Waals surface area contributed by atoms with Gasteiger partial charge in [0.1, 0.15) is 7.14 Å². The van der Waals surface area contributed by atoms with E-state index in [0.717, 1.165) is 77.0 Å². The van der Waals surface area contributed by atoms with E-state index in [1.165, 1.54) is 5.56 Å². The van der Waals surface area contributed by atoms with Gasteiger partial charge in [-0.3, -0.25) is 0 Å². The van der Waals surface area contributed by atoms with Crippen molar-refractivity contribution < 1.29 is 4.57 Å². The quantitative estimate of drug-likeness (QED) is 0.160. The molecule has 0 amide bonds. The zero-order valence-electron chi connectivity index (χ0n) is 30.1. The Bertz CT molecular complexity index is 2940. The highest BCUT2D eigenvalue weighted by Crippen LogP contribution is 2.53. The maximum absolute atomic E-state index is 14.1. The predicted octanol–water partition coefficient (Wildman–Crippen LogP) is 12.0. The third-order valence-corrected chi connectivity index (χ3v) is 13.3. The Morgan fingerprint density at radius 2 is 0.745 bits per heavy atom. The van der Waals surface area contributed by atoms with Gasteiger partial charge in [-0.1, -0.05) is 188 Å².